The van der Waals surface area contributed by atoms with Crippen molar-refractivity contribution in [2.45, 2.75) is 30.3 Å². The molecule has 6 N–H and O–H groups in total. The lowest BCUT2D eigenvalue weighted by atomic mass is 9.77. The van der Waals surface area contributed by atoms with Gasteiger partial charge in [0.25, 0.3) is 0 Å². The Hall–Kier alpha value is -0.830. The van der Waals surface area contributed by atoms with E-state index >= 15 is 0 Å². The minimum absolute atomic E-state index is 1.04. The molecule has 0 heterocycles. The lowest BCUT2D eigenvalue weighted by molar-refractivity contribution is -0.421. The van der Waals surface area contributed by atoms with E-state index in [1.165, 1.54) is 0 Å². The van der Waals surface area contributed by atoms with E-state index in [1.54, 1.807) is 0 Å². The van der Waals surface area contributed by atoms with Gasteiger partial charge in [-0.05, 0) is 0 Å². The maximum absolute atomic E-state index is 13.0. The Morgan fingerprint density at radius 3 is 1.73 bits per heavy atom. The van der Waals surface area contributed by atoms with Crippen LogP contribution in [0.3, 0.4) is 0 Å². The smallest absolute Gasteiger partial charge is 0.352 e. The molecule has 8 heteroatoms. The average molecular weight is 227 g/mol. The minimum atomic E-state index is -4.55. The Morgan fingerprint density at radius 2 is 1.47 bits per heavy atom. The molecule has 1 rings (SSSR count). The van der Waals surface area contributed by atoms with E-state index < -0.39 is 42.2 Å². The van der Waals surface area contributed by atoms with Crippen LogP contribution in [0.4, 0.5) is 8.78 Å². The third-order valence-electron chi connectivity index (χ3n) is 2.47. The number of hydrogen-bond donors (Lipinski definition) is 5. The molecule has 1 amide bonds. The number of rotatable bonds is 1. The van der Waals surface area contributed by atoms with Crippen LogP contribution < -0.4 is 5.73 Å². The van der Waals surface area contributed by atoms with Crippen LogP contribution in [0.5, 0.6) is 0 Å². The van der Waals surface area contributed by atoms with Gasteiger partial charge in [-0.1, -0.05) is 0 Å². The maximum Gasteiger partial charge on any atom is 0.352 e. The number of carbonyl (C=O) groups is 1. The first-order valence-corrected chi connectivity index (χ1v) is 4.08. The fraction of sp³-hybridized carbons (Fsp3) is 0.857. The van der Waals surface area contributed by atoms with Gasteiger partial charge in [0.2, 0.25) is 17.5 Å². The summed E-state index contributed by atoms with van der Waals surface area (Å²) in [7, 11) is 0. The van der Waals surface area contributed by atoms with Gasteiger partial charge in [-0.2, -0.15) is 8.78 Å². The monoisotopic (exact) mass is 227 g/mol. The quantitative estimate of drug-likeness (QED) is 0.327. The second-order valence-electron chi connectivity index (χ2n) is 3.72. The molecule has 1 fully saturated rings. The largest absolute Gasteiger partial charge is 0.369 e. The summed E-state index contributed by atoms with van der Waals surface area (Å²) in [5.74, 6) is -14.4. The highest BCUT2D eigenvalue weighted by Gasteiger charge is 2.69. The van der Waals surface area contributed by atoms with Crippen LogP contribution in [-0.2, 0) is 4.79 Å². The third kappa shape index (κ3) is 1.69. The van der Waals surface area contributed by atoms with E-state index in [-0.39, 0.29) is 0 Å². The van der Waals surface area contributed by atoms with E-state index in [2.05, 4.69) is 0 Å². The van der Waals surface area contributed by atoms with Crippen LogP contribution in [0.15, 0.2) is 0 Å². The molecule has 6 nitrogen and oxygen atoms in total. The number of amides is 1. The van der Waals surface area contributed by atoms with Crippen LogP contribution in [0.25, 0.3) is 0 Å². The second kappa shape index (κ2) is 3.08. The Balaban J connectivity index is 3.07. The number of carbonyl (C=O) groups excluding carboxylic acids is 1. The lowest BCUT2D eigenvalue weighted by Crippen LogP contribution is -2.68. The fourth-order valence-corrected chi connectivity index (χ4v) is 1.54. The summed E-state index contributed by atoms with van der Waals surface area (Å²) < 4.78 is 26.1. The highest BCUT2D eigenvalue weighted by Crippen LogP contribution is 2.47. The van der Waals surface area contributed by atoms with Crippen molar-refractivity contribution >= 4 is 5.91 Å². The van der Waals surface area contributed by atoms with Crippen molar-refractivity contribution in [2.75, 3.05) is 0 Å². The van der Waals surface area contributed by atoms with Crippen molar-refractivity contribution in [1.29, 1.82) is 0 Å². The summed E-state index contributed by atoms with van der Waals surface area (Å²) in [4.78, 5) is 10.7. The third-order valence-corrected chi connectivity index (χ3v) is 2.47. The number of nitrogens with two attached hydrogens (primary N) is 1. The van der Waals surface area contributed by atoms with Gasteiger partial charge in [-0.15, -0.1) is 0 Å². The van der Waals surface area contributed by atoms with Crippen LogP contribution in [0.2, 0.25) is 0 Å². The zero-order valence-corrected chi connectivity index (χ0v) is 7.52. The fourth-order valence-electron chi connectivity index (χ4n) is 1.54. The molecule has 0 radical (unpaired) electrons. The van der Waals surface area contributed by atoms with Crippen LogP contribution in [0, 0.1) is 5.92 Å². The van der Waals surface area contributed by atoms with Crippen molar-refractivity contribution in [1.82, 2.24) is 0 Å². The molecule has 1 aliphatic carbocycles. The lowest BCUT2D eigenvalue weighted by Gasteiger charge is -2.45. The molecule has 0 unspecified atom stereocenters. The molecule has 0 aromatic heterocycles. The highest BCUT2D eigenvalue weighted by molar-refractivity contribution is 5.77. The van der Waals surface area contributed by atoms with Crippen molar-refractivity contribution in [3.05, 3.63) is 0 Å². The van der Waals surface area contributed by atoms with E-state index in [0.29, 0.717) is 0 Å². The Kier molecular flexibility index (Phi) is 2.51. The molecular weight excluding hydrogens is 216 g/mol. The molecule has 0 aromatic rings. The Labute approximate surface area is 82.9 Å². The first kappa shape index (κ1) is 12.2. The first-order chi connectivity index (χ1) is 6.51. The molecular formula is C7H11F2NO5. The summed E-state index contributed by atoms with van der Waals surface area (Å²) in [6.45, 7) is 0. The predicted octanol–water partition coefficient (Wildman–Crippen LogP) is -2.12. The van der Waals surface area contributed by atoms with E-state index in [4.69, 9.17) is 26.2 Å². The van der Waals surface area contributed by atoms with E-state index in [1.807, 2.05) is 0 Å². The molecule has 1 aliphatic rings. The Bertz CT molecular complexity index is 271. The van der Waals surface area contributed by atoms with Gasteiger partial charge in [0.1, 0.15) is 0 Å². The number of hydrogen-bond acceptors (Lipinski definition) is 5. The van der Waals surface area contributed by atoms with Gasteiger partial charge in [0.15, 0.2) is 0 Å². The zero-order chi connectivity index (χ0) is 12.1. The van der Waals surface area contributed by atoms with Crippen molar-refractivity contribution in [3.8, 4) is 0 Å². The number of alkyl halides is 2. The second-order valence-corrected chi connectivity index (χ2v) is 3.72. The molecule has 0 saturated heterocycles. The van der Waals surface area contributed by atoms with Gasteiger partial charge in [0.05, 0.1) is 0 Å². The average Bonchev–Trinajstić information content (AvgIpc) is 1.99. The number of halogens is 2. The van der Waals surface area contributed by atoms with Crippen molar-refractivity contribution < 1.29 is 34.0 Å². The van der Waals surface area contributed by atoms with E-state index in [0.717, 1.165) is 0 Å². The number of primary amides is 1. The standard InChI is InChI=1S/C7H11F2NO5/c8-7(9)5(12,13)1-3(4(10)11)2-6(7,14)15/h3,12-15H,1-2H2,(H2,10,11). The SMILES string of the molecule is NC(=O)C1CC(O)(O)C(F)(F)C(O)(O)C1. The molecule has 0 spiro atoms. The highest BCUT2D eigenvalue weighted by atomic mass is 19.3. The first-order valence-electron chi connectivity index (χ1n) is 4.08. The van der Waals surface area contributed by atoms with E-state index in [9.17, 15) is 13.6 Å². The van der Waals surface area contributed by atoms with Gasteiger partial charge in [0, 0.05) is 18.8 Å². The van der Waals surface area contributed by atoms with Gasteiger partial charge < -0.3 is 26.2 Å². The molecule has 0 aliphatic heterocycles. The molecule has 15 heavy (non-hydrogen) atoms. The predicted molar refractivity (Wildman–Crippen MR) is 41.2 cm³/mol. The van der Waals surface area contributed by atoms with Crippen LogP contribution in [0.1, 0.15) is 12.8 Å². The molecule has 0 aromatic carbocycles. The summed E-state index contributed by atoms with van der Waals surface area (Å²) >= 11 is 0. The van der Waals surface area contributed by atoms with Gasteiger partial charge in [-0.25, -0.2) is 0 Å². The van der Waals surface area contributed by atoms with Crippen molar-refractivity contribution in [3.63, 3.8) is 0 Å². The minimum Gasteiger partial charge on any atom is -0.369 e. The number of aliphatic hydroxyl groups is 4. The topological polar surface area (TPSA) is 124 Å². The van der Waals surface area contributed by atoms with Crippen LogP contribution >= 0.6 is 0 Å². The molecule has 1 saturated carbocycles. The van der Waals surface area contributed by atoms with Crippen molar-refractivity contribution in [2.24, 2.45) is 11.7 Å². The summed E-state index contributed by atoms with van der Waals surface area (Å²) in [6, 6.07) is 0. The van der Waals surface area contributed by atoms with Crippen LogP contribution in [-0.4, -0.2) is 43.8 Å². The summed E-state index contributed by atoms with van der Waals surface area (Å²) in [5, 5.41) is 35.7. The molecule has 0 atom stereocenters. The summed E-state index contributed by atoms with van der Waals surface area (Å²) in [6.07, 6.45) is -2.09. The zero-order valence-electron chi connectivity index (χ0n) is 7.52. The van der Waals surface area contributed by atoms with Gasteiger partial charge in [-0.3, -0.25) is 4.79 Å². The Morgan fingerprint density at radius 1 is 1.13 bits per heavy atom. The molecule has 88 valence electrons. The van der Waals surface area contributed by atoms with Gasteiger partial charge >= 0.3 is 5.92 Å². The summed E-state index contributed by atoms with van der Waals surface area (Å²) in [5.41, 5.74) is 4.77. The molecule has 0 bridgehead atoms. The normalized spacial score (nSPS) is 28.7. The maximum atomic E-state index is 13.0.